The van der Waals surface area contributed by atoms with Crippen LogP contribution >= 0.6 is 0 Å². The quantitative estimate of drug-likeness (QED) is 0.786. The van der Waals surface area contributed by atoms with Gasteiger partial charge in [-0.2, -0.15) is 0 Å². The average molecular weight is 239 g/mol. The number of nitrogens with zero attached hydrogens (tertiary/aromatic N) is 1. The summed E-state index contributed by atoms with van der Waals surface area (Å²) in [5.74, 6) is -0.577. The fourth-order valence-corrected chi connectivity index (χ4v) is 1.36. The molecule has 0 aliphatic carbocycles. The highest BCUT2D eigenvalue weighted by Gasteiger charge is 2.17. The van der Waals surface area contributed by atoms with Crippen LogP contribution in [0.5, 0.6) is 0 Å². The van der Waals surface area contributed by atoms with E-state index in [-0.39, 0.29) is 17.6 Å². The molecule has 1 aromatic rings. The Hall–Kier alpha value is -1.62. The van der Waals surface area contributed by atoms with Gasteiger partial charge in [-0.3, -0.25) is 9.69 Å². The second kappa shape index (κ2) is 5.63. The Kier molecular flexibility index (Phi) is 4.45. The van der Waals surface area contributed by atoms with E-state index in [0.29, 0.717) is 5.69 Å². The number of benzene rings is 1. The zero-order chi connectivity index (χ0) is 13.0. The van der Waals surface area contributed by atoms with E-state index < -0.39 is 5.82 Å². The lowest BCUT2D eigenvalue weighted by Crippen LogP contribution is -2.39. The summed E-state index contributed by atoms with van der Waals surface area (Å²) < 4.78 is 12.8. The van der Waals surface area contributed by atoms with Crippen LogP contribution in [0.4, 0.5) is 15.8 Å². The van der Waals surface area contributed by atoms with Gasteiger partial charge in [-0.05, 0) is 38.7 Å². The molecule has 3 N–H and O–H groups in total. The number of halogens is 1. The zero-order valence-corrected chi connectivity index (χ0v) is 10.3. The highest BCUT2D eigenvalue weighted by molar-refractivity contribution is 5.97. The van der Waals surface area contributed by atoms with Gasteiger partial charge in [0.25, 0.3) is 0 Å². The lowest BCUT2D eigenvalue weighted by Gasteiger charge is -2.22. The molecule has 0 saturated carbocycles. The van der Waals surface area contributed by atoms with E-state index in [1.165, 1.54) is 18.2 Å². The molecule has 0 bridgehead atoms. The largest absolute Gasteiger partial charge is 0.397 e. The van der Waals surface area contributed by atoms with Gasteiger partial charge in [0.1, 0.15) is 5.82 Å². The molecule has 1 rings (SSSR count). The standard InChI is InChI=1S/C12H18FN3O/c1-4-16(3)8(2)12(17)15-11-6-5-9(13)7-10(11)14/h5-8H,4,14H2,1-3H3,(H,15,17). The van der Waals surface area contributed by atoms with Crippen molar-refractivity contribution >= 4 is 17.3 Å². The number of hydrogen-bond acceptors (Lipinski definition) is 3. The SMILES string of the molecule is CCN(C)C(C)C(=O)Nc1ccc(F)cc1N. The highest BCUT2D eigenvalue weighted by Crippen LogP contribution is 2.19. The van der Waals surface area contributed by atoms with Crippen molar-refractivity contribution in [3.63, 3.8) is 0 Å². The van der Waals surface area contributed by atoms with Crippen LogP contribution in [0.25, 0.3) is 0 Å². The molecule has 1 atom stereocenters. The third-order valence-electron chi connectivity index (χ3n) is 2.81. The molecular formula is C12H18FN3O. The van der Waals surface area contributed by atoms with E-state index in [0.717, 1.165) is 6.54 Å². The van der Waals surface area contributed by atoms with E-state index in [9.17, 15) is 9.18 Å². The van der Waals surface area contributed by atoms with Crippen LogP contribution < -0.4 is 11.1 Å². The molecule has 0 spiro atoms. The Morgan fingerprint density at radius 3 is 2.76 bits per heavy atom. The topological polar surface area (TPSA) is 58.4 Å². The fourth-order valence-electron chi connectivity index (χ4n) is 1.36. The lowest BCUT2D eigenvalue weighted by molar-refractivity contribution is -0.120. The van der Waals surface area contributed by atoms with E-state index in [1.54, 1.807) is 6.92 Å². The van der Waals surface area contributed by atoms with Crippen molar-refractivity contribution in [1.29, 1.82) is 0 Å². The molecule has 4 nitrogen and oxygen atoms in total. The summed E-state index contributed by atoms with van der Waals surface area (Å²) >= 11 is 0. The number of carbonyl (C=O) groups excluding carboxylic acids is 1. The first kappa shape index (κ1) is 13.4. The van der Waals surface area contributed by atoms with Crippen molar-refractivity contribution in [1.82, 2.24) is 4.90 Å². The molecule has 1 amide bonds. The Morgan fingerprint density at radius 1 is 1.59 bits per heavy atom. The maximum absolute atomic E-state index is 12.8. The summed E-state index contributed by atoms with van der Waals surface area (Å²) in [5.41, 5.74) is 6.27. The highest BCUT2D eigenvalue weighted by atomic mass is 19.1. The van der Waals surface area contributed by atoms with Crippen LogP contribution in [-0.2, 0) is 4.79 Å². The second-order valence-electron chi connectivity index (χ2n) is 3.97. The first-order chi connectivity index (χ1) is 7.95. The first-order valence-corrected chi connectivity index (χ1v) is 5.51. The number of hydrogen-bond donors (Lipinski definition) is 2. The average Bonchev–Trinajstić information content (AvgIpc) is 2.30. The fraction of sp³-hybridized carbons (Fsp3) is 0.417. The van der Waals surface area contributed by atoms with Gasteiger partial charge in [-0.1, -0.05) is 6.92 Å². The van der Waals surface area contributed by atoms with Crippen LogP contribution in [0, 0.1) is 5.82 Å². The number of anilines is 2. The van der Waals surface area contributed by atoms with Crippen LogP contribution in [0.3, 0.4) is 0 Å². The van der Waals surface area contributed by atoms with Gasteiger partial charge in [0.05, 0.1) is 17.4 Å². The molecule has 1 aromatic carbocycles. The van der Waals surface area contributed by atoms with Crippen LogP contribution in [-0.4, -0.2) is 30.4 Å². The molecule has 0 aromatic heterocycles. The van der Waals surface area contributed by atoms with Crippen molar-refractivity contribution < 1.29 is 9.18 Å². The lowest BCUT2D eigenvalue weighted by atomic mass is 10.2. The summed E-state index contributed by atoms with van der Waals surface area (Å²) in [6.45, 7) is 4.54. The Morgan fingerprint density at radius 2 is 2.24 bits per heavy atom. The maximum atomic E-state index is 12.8. The number of nitrogens with two attached hydrogens (primary N) is 1. The predicted molar refractivity (Wildman–Crippen MR) is 67.2 cm³/mol. The minimum absolute atomic E-state index is 0.160. The molecule has 0 saturated heterocycles. The van der Waals surface area contributed by atoms with Crippen molar-refractivity contribution in [3.8, 4) is 0 Å². The van der Waals surface area contributed by atoms with E-state index in [4.69, 9.17) is 5.73 Å². The van der Waals surface area contributed by atoms with Crippen molar-refractivity contribution in [2.24, 2.45) is 0 Å². The summed E-state index contributed by atoms with van der Waals surface area (Å²) in [4.78, 5) is 13.7. The van der Waals surface area contributed by atoms with E-state index >= 15 is 0 Å². The van der Waals surface area contributed by atoms with Crippen LogP contribution in [0.15, 0.2) is 18.2 Å². The summed E-state index contributed by atoms with van der Waals surface area (Å²) in [7, 11) is 1.86. The minimum atomic E-state index is -0.417. The molecule has 0 aliphatic heterocycles. The van der Waals surface area contributed by atoms with E-state index in [2.05, 4.69) is 5.32 Å². The maximum Gasteiger partial charge on any atom is 0.241 e. The van der Waals surface area contributed by atoms with Crippen molar-refractivity contribution in [2.75, 3.05) is 24.6 Å². The molecule has 0 aliphatic rings. The Bertz CT molecular complexity index is 409. The number of carbonyl (C=O) groups is 1. The van der Waals surface area contributed by atoms with Gasteiger partial charge in [-0.15, -0.1) is 0 Å². The second-order valence-corrected chi connectivity index (χ2v) is 3.97. The molecule has 0 radical (unpaired) electrons. The minimum Gasteiger partial charge on any atom is -0.397 e. The first-order valence-electron chi connectivity index (χ1n) is 5.51. The Labute approximate surface area is 101 Å². The molecule has 1 unspecified atom stereocenters. The third-order valence-corrected chi connectivity index (χ3v) is 2.81. The number of nitrogen functional groups attached to an aromatic ring is 1. The smallest absolute Gasteiger partial charge is 0.241 e. The van der Waals surface area contributed by atoms with Crippen molar-refractivity contribution in [2.45, 2.75) is 19.9 Å². The molecule has 94 valence electrons. The molecular weight excluding hydrogens is 221 g/mol. The van der Waals surface area contributed by atoms with Gasteiger partial charge in [0.15, 0.2) is 0 Å². The molecule has 0 heterocycles. The van der Waals surface area contributed by atoms with Gasteiger partial charge < -0.3 is 11.1 Å². The van der Waals surface area contributed by atoms with Crippen molar-refractivity contribution in [3.05, 3.63) is 24.0 Å². The molecule has 0 fully saturated rings. The van der Waals surface area contributed by atoms with Crippen LogP contribution in [0.1, 0.15) is 13.8 Å². The zero-order valence-electron chi connectivity index (χ0n) is 10.3. The van der Waals surface area contributed by atoms with Crippen LogP contribution in [0.2, 0.25) is 0 Å². The molecule has 17 heavy (non-hydrogen) atoms. The normalized spacial score (nSPS) is 12.5. The number of amides is 1. The van der Waals surface area contributed by atoms with Gasteiger partial charge >= 0.3 is 0 Å². The molecule has 5 heteroatoms. The summed E-state index contributed by atoms with van der Waals surface area (Å²) in [6, 6.07) is 3.65. The van der Waals surface area contributed by atoms with Gasteiger partial charge in [-0.25, -0.2) is 4.39 Å². The van der Waals surface area contributed by atoms with E-state index in [1.807, 2.05) is 18.9 Å². The number of nitrogens with one attached hydrogen (secondary N) is 1. The van der Waals surface area contributed by atoms with Gasteiger partial charge in [0.2, 0.25) is 5.91 Å². The summed E-state index contributed by atoms with van der Waals surface area (Å²) in [5, 5.41) is 2.68. The predicted octanol–water partition coefficient (Wildman–Crippen LogP) is 1.69. The number of likely N-dealkylation sites (N-methyl/N-ethyl adjacent to an activating group) is 1. The summed E-state index contributed by atoms with van der Waals surface area (Å²) in [6.07, 6.45) is 0. The Balaban J connectivity index is 2.74. The monoisotopic (exact) mass is 239 g/mol. The third kappa shape index (κ3) is 3.42. The number of rotatable bonds is 4. The van der Waals surface area contributed by atoms with Gasteiger partial charge in [0, 0.05) is 0 Å².